The molecular weight excluding hydrogens is 374 g/mol. The highest BCUT2D eigenvalue weighted by atomic mass is 35.5. The number of benzene rings is 2. The number of hydrogen-bond donors (Lipinski definition) is 0. The maximum Gasteiger partial charge on any atom is 0.232 e. The molecule has 1 aromatic heterocycles. The molecule has 0 radical (unpaired) electrons. The number of rotatable bonds is 5. The summed E-state index contributed by atoms with van der Waals surface area (Å²) in [7, 11) is 0. The van der Waals surface area contributed by atoms with Gasteiger partial charge in [0.1, 0.15) is 0 Å². The minimum absolute atomic E-state index is 0.0732. The van der Waals surface area contributed by atoms with Crippen LogP contribution in [-0.4, -0.2) is 27.5 Å². The van der Waals surface area contributed by atoms with Gasteiger partial charge in [-0.15, -0.1) is 0 Å². The Morgan fingerprint density at radius 1 is 1.14 bits per heavy atom. The number of carbonyl (C=O) groups excluding carboxylic acids is 1. The summed E-state index contributed by atoms with van der Waals surface area (Å²) in [4.78, 5) is 18.8. The van der Waals surface area contributed by atoms with Gasteiger partial charge in [0, 0.05) is 30.1 Å². The quantitative estimate of drug-likeness (QED) is 0.608. The van der Waals surface area contributed by atoms with Crippen LogP contribution in [0.25, 0.3) is 11.4 Å². The second-order valence-corrected chi connectivity index (χ2v) is 7.97. The fourth-order valence-electron chi connectivity index (χ4n) is 3.44. The molecule has 1 atom stereocenters. The molecular formula is C22H22ClN3O2. The van der Waals surface area contributed by atoms with Crippen LogP contribution in [0.1, 0.15) is 49.1 Å². The van der Waals surface area contributed by atoms with Crippen molar-refractivity contribution in [2.45, 2.75) is 38.6 Å². The third kappa shape index (κ3) is 3.94. The van der Waals surface area contributed by atoms with Crippen molar-refractivity contribution in [3.05, 3.63) is 70.6 Å². The smallest absolute Gasteiger partial charge is 0.232 e. The summed E-state index contributed by atoms with van der Waals surface area (Å²) in [6.07, 6.45) is 0.395. The Morgan fingerprint density at radius 2 is 1.86 bits per heavy atom. The first kappa shape index (κ1) is 18.7. The van der Waals surface area contributed by atoms with Crippen LogP contribution >= 0.6 is 11.6 Å². The number of amides is 1. The second-order valence-electron chi connectivity index (χ2n) is 7.53. The maximum absolute atomic E-state index is 12.5. The normalized spacial score (nSPS) is 16.9. The van der Waals surface area contributed by atoms with Gasteiger partial charge in [-0.1, -0.05) is 54.9 Å². The van der Waals surface area contributed by atoms with E-state index < -0.39 is 0 Å². The largest absolute Gasteiger partial charge is 0.339 e. The first-order chi connectivity index (χ1) is 13.5. The molecule has 1 unspecified atom stereocenters. The zero-order valence-corrected chi connectivity index (χ0v) is 16.7. The zero-order valence-electron chi connectivity index (χ0n) is 15.9. The van der Waals surface area contributed by atoms with Gasteiger partial charge >= 0.3 is 0 Å². The van der Waals surface area contributed by atoms with E-state index in [2.05, 4.69) is 48.3 Å². The van der Waals surface area contributed by atoms with Gasteiger partial charge in [0.15, 0.2) is 0 Å². The lowest BCUT2D eigenvalue weighted by Crippen LogP contribution is -2.24. The van der Waals surface area contributed by atoms with E-state index in [0.717, 1.165) is 11.1 Å². The van der Waals surface area contributed by atoms with Gasteiger partial charge in [0.2, 0.25) is 17.6 Å². The summed E-state index contributed by atoms with van der Waals surface area (Å²) >= 11 is 5.92. The van der Waals surface area contributed by atoms with Gasteiger partial charge < -0.3 is 9.42 Å². The molecule has 144 valence electrons. The average Bonchev–Trinajstić information content (AvgIpc) is 3.30. The van der Waals surface area contributed by atoms with Crippen molar-refractivity contribution >= 4 is 17.5 Å². The molecule has 0 spiro atoms. The molecule has 6 heteroatoms. The first-order valence-corrected chi connectivity index (χ1v) is 9.83. The molecule has 2 heterocycles. The molecule has 5 nitrogen and oxygen atoms in total. The fraction of sp³-hybridized carbons (Fsp3) is 0.318. The number of halogens is 1. The minimum atomic E-state index is -0.0732. The molecule has 2 aromatic carbocycles. The van der Waals surface area contributed by atoms with Crippen LogP contribution in [0.2, 0.25) is 5.02 Å². The summed E-state index contributed by atoms with van der Waals surface area (Å²) in [6, 6.07) is 15.7. The third-order valence-corrected chi connectivity index (χ3v) is 5.38. The first-order valence-electron chi connectivity index (χ1n) is 9.46. The van der Waals surface area contributed by atoms with Crippen molar-refractivity contribution in [2.24, 2.45) is 0 Å². The Labute approximate surface area is 169 Å². The number of likely N-dealkylation sites (tertiary alicyclic amines) is 1. The van der Waals surface area contributed by atoms with E-state index in [1.165, 1.54) is 5.56 Å². The molecule has 0 aliphatic carbocycles. The van der Waals surface area contributed by atoms with E-state index in [0.29, 0.717) is 42.2 Å². The van der Waals surface area contributed by atoms with Crippen molar-refractivity contribution in [2.75, 3.05) is 6.54 Å². The van der Waals surface area contributed by atoms with Crippen LogP contribution in [0.4, 0.5) is 0 Å². The van der Waals surface area contributed by atoms with Crippen molar-refractivity contribution in [1.29, 1.82) is 0 Å². The lowest BCUT2D eigenvalue weighted by molar-refractivity contribution is -0.128. The maximum atomic E-state index is 12.5. The van der Waals surface area contributed by atoms with Gasteiger partial charge in [0.25, 0.3) is 0 Å². The average molecular weight is 396 g/mol. The molecule has 1 fully saturated rings. The molecule has 0 saturated carbocycles. The van der Waals surface area contributed by atoms with E-state index in [-0.39, 0.29) is 11.8 Å². The second kappa shape index (κ2) is 7.76. The monoisotopic (exact) mass is 395 g/mol. The molecule has 3 aromatic rings. The minimum Gasteiger partial charge on any atom is -0.339 e. The highest BCUT2D eigenvalue weighted by molar-refractivity contribution is 6.30. The fourth-order valence-corrected chi connectivity index (χ4v) is 3.56. The zero-order chi connectivity index (χ0) is 19.7. The van der Waals surface area contributed by atoms with Gasteiger partial charge in [-0.3, -0.25) is 4.79 Å². The summed E-state index contributed by atoms with van der Waals surface area (Å²) < 4.78 is 5.45. The molecule has 1 saturated heterocycles. The molecule has 28 heavy (non-hydrogen) atoms. The van der Waals surface area contributed by atoms with Crippen LogP contribution in [0.5, 0.6) is 0 Å². The Kier molecular flexibility index (Phi) is 5.18. The van der Waals surface area contributed by atoms with Crippen LogP contribution in [-0.2, 0) is 11.3 Å². The number of carbonyl (C=O) groups is 1. The topological polar surface area (TPSA) is 59.2 Å². The van der Waals surface area contributed by atoms with Crippen molar-refractivity contribution in [3.8, 4) is 11.4 Å². The number of nitrogens with zero attached hydrogens (tertiary/aromatic N) is 3. The summed E-state index contributed by atoms with van der Waals surface area (Å²) in [5, 5.41) is 4.72. The molecule has 0 N–H and O–H groups in total. The Balaban J connectivity index is 1.44. The predicted molar refractivity (Wildman–Crippen MR) is 108 cm³/mol. The lowest BCUT2D eigenvalue weighted by Gasteiger charge is -2.16. The molecule has 4 rings (SSSR count). The van der Waals surface area contributed by atoms with Gasteiger partial charge in [-0.25, -0.2) is 0 Å². The van der Waals surface area contributed by atoms with Crippen LogP contribution in [0.3, 0.4) is 0 Å². The highest BCUT2D eigenvalue weighted by Crippen LogP contribution is 2.30. The van der Waals surface area contributed by atoms with E-state index in [1.54, 1.807) is 12.1 Å². The SMILES string of the molecule is CC(C)c1ccc(CN2CC(c3nc(-c4ccc(Cl)cc4)no3)CC2=O)cc1. The van der Waals surface area contributed by atoms with Crippen molar-refractivity contribution in [1.82, 2.24) is 15.0 Å². The van der Waals surface area contributed by atoms with Crippen molar-refractivity contribution in [3.63, 3.8) is 0 Å². The molecule has 1 aliphatic heterocycles. The van der Waals surface area contributed by atoms with Gasteiger partial charge in [0.05, 0.1) is 5.92 Å². The Bertz CT molecular complexity index is 964. The van der Waals surface area contributed by atoms with E-state index in [9.17, 15) is 4.79 Å². The lowest BCUT2D eigenvalue weighted by atomic mass is 10.0. The van der Waals surface area contributed by atoms with E-state index in [4.69, 9.17) is 16.1 Å². The third-order valence-electron chi connectivity index (χ3n) is 5.13. The van der Waals surface area contributed by atoms with Gasteiger partial charge in [-0.2, -0.15) is 4.98 Å². The molecule has 0 bridgehead atoms. The molecule has 1 aliphatic rings. The van der Waals surface area contributed by atoms with Crippen LogP contribution in [0, 0.1) is 0 Å². The Hall–Kier alpha value is -2.66. The summed E-state index contributed by atoms with van der Waals surface area (Å²) in [5.41, 5.74) is 3.27. The Morgan fingerprint density at radius 3 is 2.54 bits per heavy atom. The van der Waals surface area contributed by atoms with Crippen LogP contribution in [0.15, 0.2) is 53.1 Å². The van der Waals surface area contributed by atoms with Crippen molar-refractivity contribution < 1.29 is 9.32 Å². The van der Waals surface area contributed by atoms with E-state index >= 15 is 0 Å². The van der Waals surface area contributed by atoms with E-state index in [1.807, 2.05) is 17.0 Å². The highest BCUT2D eigenvalue weighted by Gasteiger charge is 2.34. The molecule has 1 amide bonds. The predicted octanol–water partition coefficient (Wildman–Crippen LogP) is 5.03. The summed E-state index contributed by atoms with van der Waals surface area (Å²) in [6.45, 7) is 5.54. The number of aromatic nitrogens is 2. The van der Waals surface area contributed by atoms with Crippen LogP contribution < -0.4 is 0 Å². The number of hydrogen-bond acceptors (Lipinski definition) is 4. The standard InChI is InChI=1S/C22H22ClN3O2/c1-14(2)16-5-3-15(4-6-16)12-26-13-18(11-20(26)27)22-24-21(25-28-22)17-7-9-19(23)10-8-17/h3-10,14,18H,11-13H2,1-2H3. The summed E-state index contributed by atoms with van der Waals surface area (Å²) in [5.74, 6) is 1.57. The van der Waals surface area contributed by atoms with Gasteiger partial charge in [-0.05, 0) is 41.3 Å².